The quantitative estimate of drug-likeness (QED) is 0.850. The fourth-order valence-corrected chi connectivity index (χ4v) is 1.99. The Hall–Kier alpha value is -1.29. The minimum Gasteiger partial charge on any atom is -0.493 e. The predicted molar refractivity (Wildman–Crippen MR) is 62.8 cm³/mol. The molecule has 1 fully saturated rings. The summed E-state index contributed by atoms with van der Waals surface area (Å²) in [5, 5.41) is 3.41. The van der Waals surface area contributed by atoms with E-state index >= 15 is 0 Å². The number of anilines is 1. The maximum Gasteiger partial charge on any atom is 0.168 e. The lowest BCUT2D eigenvalue weighted by Crippen LogP contribution is -2.32. The van der Waals surface area contributed by atoms with Crippen LogP contribution < -0.4 is 10.1 Å². The molecule has 2 unspecified atom stereocenters. The summed E-state index contributed by atoms with van der Waals surface area (Å²) in [5.74, 6) is 1.62. The summed E-state index contributed by atoms with van der Waals surface area (Å²) < 4.78 is 10.8. The van der Waals surface area contributed by atoms with Crippen LogP contribution in [-0.2, 0) is 4.74 Å². The normalized spacial score (nSPS) is 25.1. The van der Waals surface area contributed by atoms with Gasteiger partial charge < -0.3 is 14.8 Å². The highest BCUT2D eigenvalue weighted by Gasteiger charge is 2.20. The van der Waals surface area contributed by atoms with Gasteiger partial charge in [0, 0.05) is 18.8 Å². The van der Waals surface area contributed by atoms with Crippen molar-refractivity contribution in [3.63, 3.8) is 0 Å². The zero-order valence-corrected chi connectivity index (χ0v) is 9.77. The molecule has 4 heteroatoms. The van der Waals surface area contributed by atoms with Gasteiger partial charge in [-0.2, -0.15) is 0 Å². The molecule has 0 spiro atoms. The second kappa shape index (κ2) is 5.16. The number of aromatic nitrogens is 1. The first-order chi connectivity index (χ1) is 7.79. The van der Waals surface area contributed by atoms with Gasteiger partial charge in [-0.1, -0.05) is 0 Å². The van der Waals surface area contributed by atoms with Crippen molar-refractivity contribution >= 4 is 5.82 Å². The van der Waals surface area contributed by atoms with Gasteiger partial charge in [0.1, 0.15) is 0 Å². The molecule has 1 aliphatic heterocycles. The molecule has 1 saturated heterocycles. The first-order valence-electron chi connectivity index (χ1n) is 5.66. The van der Waals surface area contributed by atoms with E-state index in [0.717, 1.165) is 31.0 Å². The highest BCUT2D eigenvalue weighted by atomic mass is 16.5. The summed E-state index contributed by atoms with van der Waals surface area (Å²) in [6.45, 7) is 2.91. The molecule has 2 atom stereocenters. The summed E-state index contributed by atoms with van der Waals surface area (Å²) >= 11 is 0. The Morgan fingerprint density at radius 3 is 3.19 bits per heavy atom. The fraction of sp³-hybridized carbons (Fsp3) is 0.583. The van der Waals surface area contributed by atoms with E-state index in [-0.39, 0.29) is 0 Å². The third kappa shape index (κ3) is 2.64. The van der Waals surface area contributed by atoms with Gasteiger partial charge in [0.15, 0.2) is 11.6 Å². The molecule has 88 valence electrons. The summed E-state index contributed by atoms with van der Waals surface area (Å²) in [6.07, 6.45) is 4.12. The Labute approximate surface area is 96.0 Å². The van der Waals surface area contributed by atoms with E-state index in [0.29, 0.717) is 12.1 Å². The van der Waals surface area contributed by atoms with E-state index in [1.807, 2.05) is 12.1 Å². The van der Waals surface area contributed by atoms with E-state index < -0.39 is 0 Å². The number of rotatable bonds is 3. The Balaban J connectivity index is 2.02. The van der Waals surface area contributed by atoms with E-state index in [2.05, 4.69) is 17.2 Å². The molecule has 2 rings (SSSR count). The largest absolute Gasteiger partial charge is 0.493 e. The first kappa shape index (κ1) is 11.2. The van der Waals surface area contributed by atoms with Gasteiger partial charge >= 0.3 is 0 Å². The van der Waals surface area contributed by atoms with Crippen LogP contribution in [0.4, 0.5) is 5.82 Å². The zero-order valence-electron chi connectivity index (χ0n) is 9.77. The van der Waals surface area contributed by atoms with Crippen LogP contribution in [0.3, 0.4) is 0 Å². The number of nitrogens with one attached hydrogen (secondary N) is 1. The lowest BCUT2D eigenvalue weighted by molar-refractivity contribution is 0.0231. The summed E-state index contributed by atoms with van der Waals surface area (Å²) in [5.41, 5.74) is 0. The van der Waals surface area contributed by atoms with Crippen molar-refractivity contribution < 1.29 is 9.47 Å². The smallest absolute Gasteiger partial charge is 0.168 e. The molecule has 16 heavy (non-hydrogen) atoms. The van der Waals surface area contributed by atoms with Crippen molar-refractivity contribution in [3.8, 4) is 5.75 Å². The maximum absolute atomic E-state index is 5.51. The van der Waals surface area contributed by atoms with E-state index in [9.17, 15) is 0 Å². The topological polar surface area (TPSA) is 43.4 Å². The van der Waals surface area contributed by atoms with Crippen molar-refractivity contribution in [2.24, 2.45) is 0 Å². The Bertz CT molecular complexity index is 344. The molecule has 0 radical (unpaired) electrons. The summed E-state index contributed by atoms with van der Waals surface area (Å²) in [7, 11) is 1.66. The molecule has 0 aliphatic carbocycles. The SMILES string of the molecule is COc1cccnc1NC1CCOC(C)C1. The number of methoxy groups -OCH3 is 1. The molecule has 0 saturated carbocycles. The zero-order chi connectivity index (χ0) is 11.4. The third-order valence-electron chi connectivity index (χ3n) is 2.82. The van der Waals surface area contributed by atoms with Gasteiger partial charge in [-0.05, 0) is 31.9 Å². The molecular formula is C12H18N2O2. The number of nitrogens with zero attached hydrogens (tertiary/aromatic N) is 1. The van der Waals surface area contributed by atoms with Gasteiger partial charge in [0.05, 0.1) is 13.2 Å². The van der Waals surface area contributed by atoms with E-state index in [1.165, 1.54) is 0 Å². The number of hydrogen-bond acceptors (Lipinski definition) is 4. The molecule has 1 aromatic rings. The van der Waals surface area contributed by atoms with Crippen LogP contribution in [0.5, 0.6) is 5.75 Å². The monoisotopic (exact) mass is 222 g/mol. The van der Waals surface area contributed by atoms with Gasteiger partial charge in [-0.25, -0.2) is 4.98 Å². The molecule has 1 aromatic heterocycles. The minimum atomic E-state index is 0.320. The highest BCUT2D eigenvalue weighted by molar-refractivity contribution is 5.50. The van der Waals surface area contributed by atoms with Gasteiger partial charge in [-0.3, -0.25) is 0 Å². The standard InChI is InChI=1S/C12H18N2O2/c1-9-8-10(5-7-16-9)14-12-11(15-2)4-3-6-13-12/h3-4,6,9-10H,5,7-8H2,1-2H3,(H,13,14). The van der Waals surface area contributed by atoms with Crippen LogP contribution >= 0.6 is 0 Å². The Kier molecular flexibility index (Phi) is 3.62. The van der Waals surface area contributed by atoms with Crippen LogP contribution in [0.15, 0.2) is 18.3 Å². The minimum absolute atomic E-state index is 0.320. The molecule has 0 amide bonds. The second-order valence-electron chi connectivity index (χ2n) is 4.10. The third-order valence-corrected chi connectivity index (χ3v) is 2.82. The fourth-order valence-electron chi connectivity index (χ4n) is 1.99. The molecule has 0 bridgehead atoms. The molecule has 0 aromatic carbocycles. The Morgan fingerprint density at radius 2 is 2.44 bits per heavy atom. The van der Waals surface area contributed by atoms with Gasteiger partial charge in [0.25, 0.3) is 0 Å². The van der Waals surface area contributed by atoms with Crippen molar-refractivity contribution in [1.82, 2.24) is 4.98 Å². The second-order valence-corrected chi connectivity index (χ2v) is 4.10. The van der Waals surface area contributed by atoms with Crippen molar-refractivity contribution in [3.05, 3.63) is 18.3 Å². The van der Waals surface area contributed by atoms with Crippen LogP contribution in [-0.4, -0.2) is 30.8 Å². The van der Waals surface area contributed by atoms with E-state index in [4.69, 9.17) is 9.47 Å². The van der Waals surface area contributed by atoms with Crippen molar-refractivity contribution in [2.75, 3.05) is 19.0 Å². The molecular weight excluding hydrogens is 204 g/mol. The van der Waals surface area contributed by atoms with Crippen LogP contribution in [0, 0.1) is 0 Å². The van der Waals surface area contributed by atoms with Crippen LogP contribution in [0.2, 0.25) is 0 Å². The average Bonchev–Trinajstić information content (AvgIpc) is 2.30. The van der Waals surface area contributed by atoms with Gasteiger partial charge in [-0.15, -0.1) is 0 Å². The number of pyridine rings is 1. The average molecular weight is 222 g/mol. The molecule has 2 heterocycles. The molecule has 1 N–H and O–H groups in total. The van der Waals surface area contributed by atoms with Crippen molar-refractivity contribution in [1.29, 1.82) is 0 Å². The van der Waals surface area contributed by atoms with Crippen LogP contribution in [0.25, 0.3) is 0 Å². The summed E-state index contributed by atoms with van der Waals surface area (Å²) in [6, 6.07) is 4.21. The Morgan fingerprint density at radius 1 is 1.56 bits per heavy atom. The number of hydrogen-bond donors (Lipinski definition) is 1. The number of ether oxygens (including phenoxy) is 2. The van der Waals surface area contributed by atoms with Gasteiger partial charge in [0.2, 0.25) is 0 Å². The van der Waals surface area contributed by atoms with Crippen molar-refractivity contribution in [2.45, 2.75) is 31.9 Å². The molecule has 4 nitrogen and oxygen atoms in total. The highest BCUT2D eigenvalue weighted by Crippen LogP contribution is 2.24. The van der Waals surface area contributed by atoms with E-state index in [1.54, 1.807) is 13.3 Å². The maximum atomic E-state index is 5.51. The van der Waals surface area contributed by atoms with Crippen LogP contribution in [0.1, 0.15) is 19.8 Å². The predicted octanol–water partition coefficient (Wildman–Crippen LogP) is 2.07. The summed E-state index contributed by atoms with van der Waals surface area (Å²) in [4.78, 5) is 4.29. The lowest BCUT2D eigenvalue weighted by atomic mass is 10.0. The first-order valence-corrected chi connectivity index (χ1v) is 5.66. The molecule has 1 aliphatic rings. The lowest BCUT2D eigenvalue weighted by Gasteiger charge is -2.28.